The quantitative estimate of drug-likeness (QED) is 0.259. The molecule has 0 aromatic heterocycles. The van der Waals surface area contributed by atoms with Gasteiger partial charge in [0.15, 0.2) is 5.92 Å². The van der Waals surface area contributed by atoms with E-state index in [4.69, 9.17) is 0 Å². The van der Waals surface area contributed by atoms with E-state index >= 15 is 0 Å². The van der Waals surface area contributed by atoms with Gasteiger partial charge in [-0.3, -0.25) is 24.5 Å². The number of carbonyl (C=O) groups excluding carboxylic acids is 3. The van der Waals surface area contributed by atoms with E-state index in [0.29, 0.717) is 5.56 Å². The van der Waals surface area contributed by atoms with Crippen LogP contribution >= 0.6 is 0 Å². The Kier molecular flexibility index (Phi) is 8.05. The largest absolute Gasteiger partial charge is 0.480 e. The van der Waals surface area contributed by atoms with Gasteiger partial charge in [-0.15, -0.1) is 0 Å². The number of benzene rings is 1. The Morgan fingerprint density at radius 3 is 2.21 bits per heavy atom. The maximum Gasteiger partial charge on any atom is 0.326 e. The summed E-state index contributed by atoms with van der Waals surface area (Å²) in [5.41, 5.74) is 0.0749. The number of carboxylic acid groups (broad SMARTS) is 1. The summed E-state index contributed by atoms with van der Waals surface area (Å²) in [6, 6.07) is 3.69. The third-order valence-corrected chi connectivity index (χ3v) is 4.03. The van der Waals surface area contributed by atoms with Gasteiger partial charge < -0.3 is 19.9 Å². The Morgan fingerprint density at radius 2 is 1.75 bits per heavy atom. The number of carbonyl (C=O) groups is 4. The van der Waals surface area contributed by atoms with E-state index in [-0.39, 0.29) is 12.1 Å². The molecule has 152 valence electrons. The SMILES string of the molecule is COC(=O)C(C(=O)OC)[C@H](C)[C@H](NC(=O)Cc1cccc([N+](=O)[O-])c1)C(=O)O. The molecule has 11 nitrogen and oxygen atoms in total. The van der Waals surface area contributed by atoms with Crippen molar-refractivity contribution in [3.05, 3.63) is 39.9 Å². The minimum absolute atomic E-state index is 0.218. The summed E-state index contributed by atoms with van der Waals surface area (Å²) >= 11 is 0. The molecule has 0 unspecified atom stereocenters. The van der Waals surface area contributed by atoms with Crippen molar-refractivity contribution in [1.82, 2.24) is 5.32 Å². The fourth-order valence-corrected chi connectivity index (χ4v) is 2.58. The van der Waals surface area contributed by atoms with Crippen LogP contribution in [-0.2, 0) is 35.1 Å². The molecule has 2 atom stereocenters. The molecule has 0 heterocycles. The molecule has 1 aromatic carbocycles. The summed E-state index contributed by atoms with van der Waals surface area (Å²) < 4.78 is 9.03. The zero-order valence-electron chi connectivity index (χ0n) is 15.4. The Morgan fingerprint density at radius 1 is 1.18 bits per heavy atom. The second-order valence-electron chi connectivity index (χ2n) is 5.87. The molecular formula is C17H20N2O9. The summed E-state index contributed by atoms with van der Waals surface area (Å²) in [4.78, 5) is 57.7. The van der Waals surface area contributed by atoms with Crippen LogP contribution in [0.3, 0.4) is 0 Å². The molecule has 0 fully saturated rings. The predicted octanol–water partition coefficient (Wildman–Crippen LogP) is 0.305. The molecule has 0 aliphatic carbocycles. The Labute approximate surface area is 159 Å². The van der Waals surface area contributed by atoms with Crippen LogP contribution in [0.1, 0.15) is 12.5 Å². The summed E-state index contributed by atoms with van der Waals surface area (Å²) in [6.07, 6.45) is -0.334. The lowest BCUT2D eigenvalue weighted by molar-refractivity contribution is -0.384. The van der Waals surface area contributed by atoms with Crippen LogP contribution in [0.25, 0.3) is 0 Å². The number of rotatable bonds is 9. The van der Waals surface area contributed by atoms with Crippen molar-refractivity contribution >= 4 is 29.5 Å². The first-order valence-electron chi connectivity index (χ1n) is 8.03. The van der Waals surface area contributed by atoms with E-state index in [1.165, 1.54) is 31.2 Å². The normalized spacial score (nSPS) is 12.6. The van der Waals surface area contributed by atoms with Gasteiger partial charge in [-0.1, -0.05) is 19.1 Å². The van der Waals surface area contributed by atoms with Crippen molar-refractivity contribution in [3.8, 4) is 0 Å². The third-order valence-electron chi connectivity index (χ3n) is 4.03. The van der Waals surface area contributed by atoms with Crippen molar-refractivity contribution in [2.45, 2.75) is 19.4 Å². The fraction of sp³-hybridized carbons (Fsp3) is 0.412. The lowest BCUT2D eigenvalue weighted by Gasteiger charge is -2.26. The van der Waals surface area contributed by atoms with Crippen molar-refractivity contribution in [2.24, 2.45) is 11.8 Å². The van der Waals surface area contributed by atoms with Crippen molar-refractivity contribution in [1.29, 1.82) is 0 Å². The van der Waals surface area contributed by atoms with Crippen molar-refractivity contribution < 1.29 is 38.7 Å². The zero-order valence-corrected chi connectivity index (χ0v) is 15.4. The fourth-order valence-electron chi connectivity index (χ4n) is 2.58. The second kappa shape index (κ2) is 10.00. The molecule has 0 radical (unpaired) electrons. The van der Waals surface area contributed by atoms with Crippen LogP contribution in [0.4, 0.5) is 5.69 Å². The number of nitrogens with one attached hydrogen (secondary N) is 1. The van der Waals surface area contributed by atoms with E-state index in [2.05, 4.69) is 14.8 Å². The third kappa shape index (κ3) is 5.76. The number of nitro groups is 1. The number of esters is 2. The number of ether oxygens (including phenoxy) is 2. The van der Waals surface area contributed by atoms with Gasteiger partial charge in [-0.25, -0.2) is 4.79 Å². The molecule has 0 saturated heterocycles. The topological polar surface area (TPSA) is 162 Å². The molecule has 0 spiro atoms. The Hall–Kier alpha value is -3.50. The molecular weight excluding hydrogens is 376 g/mol. The first kappa shape index (κ1) is 22.5. The molecule has 0 bridgehead atoms. The summed E-state index contributed by atoms with van der Waals surface area (Å²) in [6.45, 7) is 1.28. The van der Waals surface area contributed by atoms with Crippen LogP contribution < -0.4 is 5.32 Å². The summed E-state index contributed by atoms with van der Waals surface area (Å²) in [5, 5.41) is 22.4. The second-order valence-corrected chi connectivity index (χ2v) is 5.87. The van der Waals surface area contributed by atoms with E-state index in [1.807, 2.05) is 0 Å². The molecule has 0 aliphatic heterocycles. The highest BCUT2D eigenvalue weighted by atomic mass is 16.6. The van der Waals surface area contributed by atoms with Gasteiger partial charge in [0.25, 0.3) is 5.69 Å². The average Bonchev–Trinajstić information content (AvgIpc) is 2.65. The Bertz CT molecular complexity index is 762. The lowest BCUT2D eigenvalue weighted by atomic mass is 9.87. The van der Waals surface area contributed by atoms with E-state index in [1.54, 1.807) is 0 Å². The molecule has 11 heteroatoms. The molecule has 2 N–H and O–H groups in total. The minimum atomic E-state index is -1.60. The zero-order chi connectivity index (χ0) is 21.4. The molecule has 0 saturated carbocycles. The van der Waals surface area contributed by atoms with E-state index in [9.17, 15) is 34.4 Å². The molecule has 1 amide bonds. The number of nitro benzene ring substituents is 1. The van der Waals surface area contributed by atoms with Crippen LogP contribution in [0.15, 0.2) is 24.3 Å². The maximum atomic E-state index is 12.2. The highest BCUT2D eigenvalue weighted by Crippen LogP contribution is 2.20. The van der Waals surface area contributed by atoms with Gasteiger partial charge >= 0.3 is 17.9 Å². The summed E-state index contributed by atoms with van der Waals surface area (Å²) in [7, 11) is 2.06. The highest BCUT2D eigenvalue weighted by molar-refractivity contribution is 5.96. The monoisotopic (exact) mass is 396 g/mol. The average molecular weight is 396 g/mol. The number of amides is 1. The molecule has 1 rings (SSSR count). The van der Waals surface area contributed by atoms with Gasteiger partial charge in [0.05, 0.1) is 25.6 Å². The Balaban J connectivity index is 2.99. The van der Waals surface area contributed by atoms with Gasteiger partial charge in [0, 0.05) is 18.1 Å². The lowest BCUT2D eigenvalue weighted by Crippen LogP contribution is -2.50. The van der Waals surface area contributed by atoms with Crippen molar-refractivity contribution in [3.63, 3.8) is 0 Å². The molecule has 28 heavy (non-hydrogen) atoms. The minimum Gasteiger partial charge on any atom is -0.480 e. The predicted molar refractivity (Wildman–Crippen MR) is 93.1 cm³/mol. The van der Waals surface area contributed by atoms with Crippen LogP contribution in [0.5, 0.6) is 0 Å². The van der Waals surface area contributed by atoms with Crippen LogP contribution in [0.2, 0.25) is 0 Å². The first-order valence-corrected chi connectivity index (χ1v) is 8.03. The standard InChI is InChI=1S/C17H20N2O9/c1-9(13(16(23)27-2)17(24)28-3)14(15(21)22)18-12(20)8-10-5-4-6-11(7-10)19(25)26/h4-7,9,13-14H,8H2,1-3H3,(H,18,20)(H,21,22)/t9-,14-/m0/s1. The van der Waals surface area contributed by atoms with Gasteiger partial charge in [0.1, 0.15) is 6.04 Å². The number of hydrogen-bond donors (Lipinski definition) is 2. The van der Waals surface area contributed by atoms with Crippen LogP contribution in [0, 0.1) is 22.0 Å². The van der Waals surface area contributed by atoms with E-state index < -0.39 is 46.6 Å². The summed E-state index contributed by atoms with van der Waals surface area (Å²) in [5.74, 6) is -6.98. The van der Waals surface area contributed by atoms with Crippen molar-refractivity contribution in [2.75, 3.05) is 14.2 Å². The smallest absolute Gasteiger partial charge is 0.326 e. The first-order chi connectivity index (χ1) is 13.1. The highest BCUT2D eigenvalue weighted by Gasteiger charge is 2.42. The van der Waals surface area contributed by atoms with Gasteiger partial charge in [-0.05, 0) is 5.56 Å². The maximum absolute atomic E-state index is 12.2. The van der Waals surface area contributed by atoms with Crippen LogP contribution in [-0.4, -0.2) is 54.1 Å². The molecule has 0 aliphatic rings. The van der Waals surface area contributed by atoms with Gasteiger partial charge in [-0.2, -0.15) is 0 Å². The number of hydrogen-bond acceptors (Lipinski definition) is 8. The number of aliphatic carboxylic acids is 1. The number of methoxy groups -OCH3 is 2. The number of non-ortho nitro benzene ring substituents is 1. The van der Waals surface area contributed by atoms with E-state index in [0.717, 1.165) is 14.2 Å². The number of carboxylic acids is 1. The number of nitrogens with zero attached hydrogens (tertiary/aromatic N) is 1. The molecule has 1 aromatic rings. The van der Waals surface area contributed by atoms with Gasteiger partial charge in [0.2, 0.25) is 5.91 Å².